The van der Waals surface area contributed by atoms with Gasteiger partial charge in [0.2, 0.25) is 5.91 Å². The van der Waals surface area contributed by atoms with Crippen LogP contribution in [0.4, 0.5) is 0 Å². The maximum Gasteiger partial charge on any atom is 0.246 e. The summed E-state index contributed by atoms with van der Waals surface area (Å²) in [4.78, 5) is 11.0. The van der Waals surface area contributed by atoms with Crippen LogP contribution in [0.5, 0.6) is 0 Å². The number of hydrogen-bond donors (Lipinski definition) is 2. The van der Waals surface area contributed by atoms with Gasteiger partial charge in [0.25, 0.3) is 0 Å². The van der Waals surface area contributed by atoms with E-state index in [1.807, 2.05) is 0 Å². The van der Waals surface area contributed by atoms with Crippen LogP contribution in [0.3, 0.4) is 0 Å². The average molecular weight is 187 g/mol. The Kier molecular flexibility index (Phi) is 3.69. The van der Waals surface area contributed by atoms with Crippen molar-refractivity contribution in [3.8, 4) is 0 Å². The van der Waals surface area contributed by atoms with Gasteiger partial charge in [-0.05, 0) is 24.7 Å². The van der Waals surface area contributed by atoms with Crippen LogP contribution in [0.1, 0.15) is 19.3 Å². The third kappa shape index (κ3) is 3.32. The van der Waals surface area contributed by atoms with Gasteiger partial charge in [-0.3, -0.25) is 4.79 Å². The number of amides is 1. The molecular weight excluding hydrogens is 170 g/mol. The highest BCUT2D eigenvalue weighted by atomic mass is 16.5. The summed E-state index contributed by atoms with van der Waals surface area (Å²) < 4.78 is 4.69. The van der Waals surface area contributed by atoms with Crippen LogP contribution in [0, 0.1) is 5.41 Å². The van der Waals surface area contributed by atoms with Gasteiger partial charge in [-0.1, -0.05) is 0 Å². The number of aliphatic hydroxyl groups is 1. The number of methoxy groups -OCH3 is 1. The Hall–Kier alpha value is -0.610. The minimum atomic E-state index is -0.0771. The topological polar surface area (TPSA) is 58.6 Å². The van der Waals surface area contributed by atoms with Crippen molar-refractivity contribution >= 4 is 5.91 Å². The van der Waals surface area contributed by atoms with Gasteiger partial charge in [0.1, 0.15) is 6.61 Å². The van der Waals surface area contributed by atoms with Crippen LogP contribution in [0.15, 0.2) is 0 Å². The van der Waals surface area contributed by atoms with Crippen molar-refractivity contribution in [1.29, 1.82) is 0 Å². The lowest BCUT2D eigenvalue weighted by molar-refractivity contribution is -0.125. The molecule has 0 spiro atoms. The van der Waals surface area contributed by atoms with E-state index >= 15 is 0 Å². The molecule has 1 fully saturated rings. The van der Waals surface area contributed by atoms with Gasteiger partial charge in [-0.2, -0.15) is 0 Å². The summed E-state index contributed by atoms with van der Waals surface area (Å²) >= 11 is 0. The Labute approximate surface area is 78.3 Å². The van der Waals surface area contributed by atoms with Crippen LogP contribution >= 0.6 is 0 Å². The monoisotopic (exact) mass is 187 g/mol. The number of nitrogens with one attached hydrogen (secondary N) is 1. The Morgan fingerprint density at radius 1 is 1.62 bits per heavy atom. The fraction of sp³-hybridized carbons (Fsp3) is 0.889. The Bertz CT molecular complexity index is 178. The zero-order valence-corrected chi connectivity index (χ0v) is 8.01. The minimum Gasteiger partial charge on any atom is -0.396 e. The zero-order chi connectivity index (χ0) is 9.73. The molecule has 2 N–H and O–H groups in total. The van der Waals surface area contributed by atoms with E-state index in [9.17, 15) is 4.79 Å². The summed E-state index contributed by atoms with van der Waals surface area (Å²) in [7, 11) is 1.50. The third-order valence-corrected chi connectivity index (χ3v) is 2.54. The van der Waals surface area contributed by atoms with E-state index in [4.69, 9.17) is 5.11 Å². The second-order valence-corrected chi connectivity index (χ2v) is 3.68. The number of rotatable bonds is 6. The molecule has 0 bridgehead atoms. The number of ether oxygens (including phenoxy) is 1. The summed E-state index contributed by atoms with van der Waals surface area (Å²) in [6.45, 7) is 1.01. The molecule has 0 unspecified atom stereocenters. The third-order valence-electron chi connectivity index (χ3n) is 2.54. The van der Waals surface area contributed by atoms with Crippen LogP contribution < -0.4 is 5.32 Å². The summed E-state index contributed by atoms with van der Waals surface area (Å²) in [5.41, 5.74) is 0.193. The van der Waals surface area contributed by atoms with E-state index in [0.717, 1.165) is 19.3 Å². The van der Waals surface area contributed by atoms with E-state index in [0.29, 0.717) is 6.54 Å². The number of carbonyl (C=O) groups is 1. The van der Waals surface area contributed by atoms with Crippen molar-refractivity contribution in [3.63, 3.8) is 0 Å². The lowest BCUT2D eigenvalue weighted by Crippen LogP contribution is -2.33. The lowest BCUT2D eigenvalue weighted by Gasteiger charge is -2.13. The molecule has 0 radical (unpaired) electrons. The van der Waals surface area contributed by atoms with Crippen molar-refractivity contribution in [1.82, 2.24) is 5.32 Å². The normalized spacial score (nSPS) is 18.3. The lowest BCUT2D eigenvalue weighted by atomic mass is 10.0. The predicted octanol–water partition coefficient (Wildman–Crippen LogP) is -0.0884. The Balaban J connectivity index is 2.14. The van der Waals surface area contributed by atoms with E-state index in [2.05, 4.69) is 10.1 Å². The second-order valence-electron chi connectivity index (χ2n) is 3.68. The first-order valence-electron chi connectivity index (χ1n) is 4.59. The molecule has 0 saturated heterocycles. The van der Waals surface area contributed by atoms with E-state index in [1.54, 1.807) is 0 Å². The molecular formula is C9H17NO3. The molecule has 0 aliphatic heterocycles. The summed E-state index contributed by atoms with van der Waals surface area (Å²) in [6, 6.07) is 0. The first kappa shape index (κ1) is 10.5. The molecule has 76 valence electrons. The van der Waals surface area contributed by atoms with Crippen molar-refractivity contribution in [3.05, 3.63) is 0 Å². The van der Waals surface area contributed by atoms with Gasteiger partial charge in [-0.25, -0.2) is 0 Å². The van der Waals surface area contributed by atoms with Crippen molar-refractivity contribution in [2.45, 2.75) is 19.3 Å². The summed E-state index contributed by atoms with van der Waals surface area (Å²) in [5, 5.41) is 11.6. The molecule has 1 rings (SSSR count). The molecule has 0 aromatic carbocycles. The second kappa shape index (κ2) is 4.58. The van der Waals surface area contributed by atoms with Crippen molar-refractivity contribution in [2.24, 2.45) is 5.41 Å². The van der Waals surface area contributed by atoms with E-state index in [-0.39, 0.29) is 24.5 Å². The first-order chi connectivity index (χ1) is 6.22. The average Bonchev–Trinajstić information content (AvgIpc) is 2.84. The van der Waals surface area contributed by atoms with E-state index in [1.165, 1.54) is 7.11 Å². The summed E-state index contributed by atoms with van der Waals surface area (Å²) in [6.07, 6.45) is 3.02. The van der Waals surface area contributed by atoms with Crippen molar-refractivity contribution in [2.75, 3.05) is 26.9 Å². The molecule has 0 atom stereocenters. The molecule has 0 heterocycles. The molecule has 4 heteroatoms. The molecule has 1 amide bonds. The smallest absolute Gasteiger partial charge is 0.246 e. The Morgan fingerprint density at radius 2 is 2.31 bits per heavy atom. The van der Waals surface area contributed by atoms with Crippen LogP contribution in [-0.2, 0) is 9.53 Å². The van der Waals surface area contributed by atoms with Crippen LogP contribution in [-0.4, -0.2) is 37.9 Å². The fourth-order valence-electron chi connectivity index (χ4n) is 1.40. The van der Waals surface area contributed by atoms with Gasteiger partial charge in [-0.15, -0.1) is 0 Å². The van der Waals surface area contributed by atoms with Gasteiger partial charge in [0.15, 0.2) is 0 Å². The van der Waals surface area contributed by atoms with Crippen LogP contribution in [0.2, 0.25) is 0 Å². The highest BCUT2D eigenvalue weighted by Crippen LogP contribution is 2.47. The molecule has 0 aromatic heterocycles. The standard InChI is InChI=1S/C9H17NO3/c1-13-6-8(12)10-7-9(2-3-9)4-5-11/h11H,2-7H2,1H3,(H,10,12). The van der Waals surface area contributed by atoms with Crippen LogP contribution in [0.25, 0.3) is 0 Å². The number of carbonyl (C=O) groups excluding carboxylic acids is 1. The van der Waals surface area contributed by atoms with Gasteiger partial charge in [0.05, 0.1) is 0 Å². The highest BCUT2D eigenvalue weighted by Gasteiger charge is 2.41. The minimum absolute atomic E-state index is 0.0771. The quantitative estimate of drug-likeness (QED) is 0.611. The zero-order valence-electron chi connectivity index (χ0n) is 8.01. The Morgan fingerprint density at radius 3 is 2.77 bits per heavy atom. The van der Waals surface area contributed by atoms with Crippen molar-refractivity contribution < 1.29 is 14.6 Å². The van der Waals surface area contributed by atoms with Gasteiger partial charge in [0, 0.05) is 20.3 Å². The molecule has 13 heavy (non-hydrogen) atoms. The molecule has 1 aliphatic carbocycles. The van der Waals surface area contributed by atoms with Gasteiger partial charge >= 0.3 is 0 Å². The first-order valence-corrected chi connectivity index (χ1v) is 4.59. The molecule has 1 saturated carbocycles. The molecule has 4 nitrogen and oxygen atoms in total. The molecule has 1 aliphatic rings. The van der Waals surface area contributed by atoms with Gasteiger partial charge < -0.3 is 15.2 Å². The van der Waals surface area contributed by atoms with E-state index < -0.39 is 0 Å². The fourth-order valence-corrected chi connectivity index (χ4v) is 1.40. The maximum atomic E-state index is 11.0. The SMILES string of the molecule is COCC(=O)NCC1(CCO)CC1. The number of hydrogen-bond acceptors (Lipinski definition) is 3. The predicted molar refractivity (Wildman–Crippen MR) is 48.3 cm³/mol. The summed E-state index contributed by atoms with van der Waals surface area (Å²) in [5.74, 6) is -0.0771. The highest BCUT2D eigenvalue weighted by molar-refractivity contribution is 5.77. The maximum absolute atomic E-state index is 11.0. The largest absolute Gasteiger partial charge is 0.396 e. The molecule has 0 aromatic rings. The number of aliphatic hydroxyl groups excluding tert-OH is 1.